The number of carbonyl (C=O) groups is 2. The molecule has 0 saturated heterocycles. The molecule has 0 fully saturated rings. The lowest BCUT2D eigenvalue weighted by Gasteiger charge is -2.17. The summed E-state index contributed by atoms with van der Waals surface area (Å²) < 4.78 is 0. The third-order valence-corrected chi connectivity index (χ3v) is 5.18. The van der Waals surface area contributed by atoms with Crippen LogP contribution in [-0.4, -0.2) is 21.7 Å². The highest BCUT2D eigenvalue weighted by molar-refractivity contribution is 8.00. The van der Waals surface area contributed by atoms with Crippen LogP contribution < -0.4 is 5.32 Å². The molecule has 0 saturated carbocycles. The van der Waals surface area contributed by atoms with Crippen LogP contribution in [0, 0.1) is 13.8 Å². The molecular formula is C22H21N3O2S. The van der Waals surface area contributed by atoms with Crippen LogP contribution in [0.15, 0.2) is 65.8 Å². The molecule has 0 spiro atoms. The highest BCUT2D eigenvalue weighted by Crippen LogP contribution is 2.34. The van der Waals surface area contributed by atoms with Crippen molar-refractivity contribution in [3.63, 3.8) is 0 Å². The molecule has 0 radical (unpaired) electrons. The third-order valence-electron chi connectivity index (χ3n) is 4.06. The van der Waals surface area contributed by atoms with Crippen molar-refractivity contribution in [2.75, 3.05) is 5.32 Å². The Labute approximate surface area is 168 Å². The summed E-state index contributed by atoms with van der Waals surface area (Å²) in [6.45, 7) is 5.31. The molecule has 1 aromatic heterocycles. The van der Waals surface area contributed by atoms with E-state index < -0.39 is 5.25 Å². The zero-order chi connectivity index (χ0) is 20.1. The number of rotatable bonds is 6. The normalized spacial score (nSPS) is 11.7. The largest absolute Gasteiger partial charge is 0.325 e. The molecule has 0 aliphatic rings. The summed E-state index contributed by atoms with van der Waals surface area (Å²) in [5.41, 5.74) is 3.71. The highest BCUT2D eigenvalue weighted by atomic mass is 32.2. The van der Waals surface area contributed by atoms with E-state index in [1.54, 1.807) is 24.3 Å². The van der Waals surface area contributed by atoms with Crippen molar-refractivity contribution in [2.45, 2.75) is 31.2 Å². The smallest absolute Gasteiger partial charge is 0.242 e. The Kier molecular flexibility index (Phi) is 6.21. The van der Waals surface area contributed by atoms with Gasteiger partial charge in [0.15, 0.2) is 10.9 Å². The molecule has 1 amide bonds. The van der Waals surface area contributed by atoms with Gasteiger partial charge in [0.1, 0.15) is 5.25 Å². The predicted molar refractivity (Wildman–Crippen MR) is 112 cm³/mol. The standard InChI is InChI=1S/C22H21N3O2S/c1-14-12-15(2)24-22(23-14)28-20(17-8-5-4-6-9-17)21(27)25-19-11-7-10-18(13-19)16(3)26/h4-13,20H,1-3H3,(H,25,27)/t20-/m1/s1. The summed E-state index contributed by atoms with van der Waals surface area (Å²) in [4.78, 5) is 33.6. The van der Waals surface area contributed by atoms with E-state index in [1.807, 2.05) is 50.2 Å². The van der Waals surface area contributed by atoms with Gasteiger partial charge in [-0.1, -0.05) is 54.2 Å². The Morgan fingerprint density at radius 3 is 2.25 bits per heavy atom. The van der Waals surface area contributed by atoms with Crippen molar-refractivity contribution >= 4 is 29.1 Å². The molecule has 0 aliphatic heterocycles. The van der Waals surface area contributed by atoms with Crippen LogP contribution in [0.2, 0.25) is 0 Å². The topological polar surface area (TPSA) is 72.0 Å². The quantitative estimate of drug-likeness (QED) is 0.372. The molecule has 142 valence electrons. The van der Waals surface area contributed by atoms with Crippen LogP contribution >= 0.6 is 11.8 Å². The zero-order valence-electron chi connectivity index (χ0n) is 16.0. The van der Waals surface area contributed by atoms with E-state index in [0.717, 1.165) is 17.0 Å². The maximum absolute atomic E-state index is 13.1. The summed E-state index contributed by atoms with van der Waals surface area (Å²) in [6.07, 6.45) is 0. The first-order valence-corrected chi connectivity index (χ1v) is 9.76. The molecule has 2 aromatic carbocycles. The summed E-state index contributed by atoms with van der Waals surface area (Å²) in [6, 6.07) is 18.3. The molecule has 1 atom stereocenters. The van der Waals surface area contributed by atoms with E-state index in [-0.39, 0.29) is 11.7 Å². The van der Waals surface area contributed by atoms with Gasteiger partial charge in [-0.05, 0) is 44.5 Å². The SMILES string of the molecule is CC(=O)c1cccc(NC(=O)[C@H](Sc2nc(C)cc(C)n2)c2ccccc2)c1. The third kappa shape index (κ3) is 5.04. The molecule has 1 N–H and O–H groups in total. The number of hydrogen-bond acceptors (Lipinski definition) is 5. The van der Waals surface area contributed by atoms with E-state index in [0.29, 0.717) is 16.4 Å². The van der Waals surface area contributed by atoms with Gasteiger partial charge in [-0.15, -0.1) is 0 Å². The number of benzene rings is 2. The average Bonchev–Trinajstić information content (AvgIpc) is 2.66. The molecule has 5 nitrogen and oxygen atoms in total. The lowest BCUT2D eigenvalue weighted by molar-refractivity contribution is -0.115. The number of ketones is 1. The average molecular weight is 391 g/mol. The first-order valence-electron chi connectivity index (χ1n) is 8.88. The fraction of sp³-hybridized carbons (Fsp3) is 0.182. The number of carbonyl (C=O) groups excluding carboxylic acids is 2. The monoisotopic (exact) mass is 391 g/mol. The van der Waals surface area contributed by atoms with Crippen LogP contribution in [-0.2, 0) is 4.79 Å². The Bertz CT molecular complexity index is 985. The predicted octanol–water partition coefficient (Wildman–Crippen LogP) is 4.77. The number of Topliss-reactive ketones (excluding diaryl/α,β-unsaturated/α-hetero) is 1. The second-order valence-corrected chi connectivity index (χ2v) is 7.54. The number of anilines is 1. The van der Waals surface area contributed by atoms with Gasteiger partial charge >= 0.3 is 0 Å². The van der Waals surface area contributed by atoms with Gasteiger partial charge in [0, 0.05) is 22.6 Å². The second-order valence-electron chi connectivity index (χ2n) is 6.47. The molecular weight excluding hydrogens is 370 g/mol. The van der Waals surface area contributed by atoms with Crippen LogP contribution in [0.3, 0.4) is 0 Å². The molecule has 3 aromatic rings. The van der Waals surface area contributed by atoms with Crippen molar-refractivity contribution in [1.82, 2.24) is 9.97 Å². The Morgan fingerprint density at radius 1 is 0.929 bits per heavy atom. The summed E-state index contributed by atoms with van der Waals surface area (Å²) in [5.74, 6) is -0.242. The Morgan fingerprint density at radius 2 is 1.61 bits per heavy atom. The molecule has 0 aliphatic carbocycles. The first kappa shape index (κ1) is 19.8. The van der Waals surface area contributed by atoms with E-state index in [9.17, 15) is 9.59 Å². The van der Waals surface area contributed by atoms with Crippen LogP contribution in [0.25, 0.3) is 0 Å². The fourth-order valence-electron chi connectivity index (χ4n) is 2.78. The van der Waals surface area contributed by atoms with Gasteiger partial charge in [-0.2, -0.15) is 0 Å². The second kappa shape index (κ2) is 8.80. The molecule has 0 bridgehead atoms. The van der Waals surface area contributed by atoms with Gasteiger partial charge in [-0.25, -0.2) is 9.97 Å². The minimum atomic E-state index is -0.525. The van der Waals surface area contributed by atoms with E-state index in [2.05, 4.69) is 15.3 Å². The van der Waals surface area contributed by atoms with Crippen LogP contribution in [0.4, 0.5) is 5.69 Å². The van der Waals surface area contributed by atoms with Gasteiger partial charge in [0.2, 0.25) is 5.91 Å². The number of thioether (sulfide) groups is 1. The summed E-state index contributed by atoms with van der Waals surface area (Å²) in [7, 11) is 0. The Balaban J connectivity index is 1.89. The molecule has 1 heterocycles. The number of nitrogens with one attached hydrogen (secondary N) is 1. The zero-order valence-corrected chi connectivity index (χ0v) is 16.8. The lowest BCUT2D eigenvalue weighted by Crippen LogP contribution is -2.19. The van der Waals surface area contributed by atoms with Gasteiger partial charge < -0.3 is 5.32 Å². The first-order chi connectivity index (χ1) is 13.4. The van der Waals surface area contributed by atoms with Crippen molar-refractivity contribution in [3.8, 4) is 0 Å². The molecule has 6 heteroatoms. The maximum Gasteiger partial charge on any atom is 0.242 e. The van der Waals surface area contributed by atoms with E-state index >= 15 is 0 Å². The summed E-state index contributed by atoms with van der Waals surface area (Å²) in [5, 5.41) is 2.95. The number of hydrogen-bond donors (Lipinski definition) is 1. The van der Waals surface area contributed by atoms with Crippen molar-refractivity contribution in [1.29, 1.82) is 0 Å². The maximum atomic E-state index is 13.1. The van der Waals surface area contributed by atoms with Crippen LogP contribution in [0.1, 0.15) is 39.5 Å². The number of aromatic nitrogens is 2. The van der Waals surface area contributed by atoms with Crippen LogP contribution in [0.5, 0.6) is 0 Å². The lowest BCUT2D eigenvalue weighted by atomic mass is 10.1. The molecule has 3 rings (SSSR count). The van der Waals surface area contributed by atoms with Crippen molar-refractivity contribution in [2.24, 2.45) is 0 Å². The molecule has 28 heavy (non-hydrogen) atoms. The minimum absolute atomic E-state index is 0.0475. The highest BCUT2D eigenvalue weighted by Gasteiger charge is 2.24. The number of nitrogens with zero attached hydrogens (tertiary/aromatic N) is 2. The summed E-state index contributed by atoms with van der Waals surface area (Å²) >= 11 is 1.31. The van der Waals surface area contributed by atoms with E-state index in [1.165, 1.54) is 18.7 Å². The van der Waals surface area contributed by atoms with Crippen molar-refractivity contribution in [3.05, 3.63) is 83.2 Å². The minimum Gasteiger partial charge on any atom is -0.325 e. The number of amides is 1. The van der Waals surface area contributed by atoms with Gasteiger partial charge in [0.05, 0.1) is 0 Å². The van der Waals surface area contributed by atoms with Gasteiger partial charge in [0.25, 0.3) is 0 Å². The van der Waals surface area contributed by atoms with E-state index in [4.69, 9.17) is 0 Å². The fourth-order valence-corrected chi connectivity index (χ4v) is 3.84. The Hall–Kier alpha value is -2.99. The van der Waals surface area contributed by atoms with Gasteiger partial charge in [-0.3, -0.25) is 9.59 Å². The van der Waals surface area contributed by atoms with Crippen molar-refractivity contribution < 1.29 is 9.59 Å². The molecule has 0 unspecified atom stereocenters. The number of aryl methyl sites for hydroxylation is 2.